The van der Waals surface area contributed by atoms with Gasteiger partial charge in [-0.2, -0.15) is 5.10 Å². The molecule has 0 bridgehead atoms. The van der Waals surface area contributed by atoms with Gasteiger partial charge in [-0.15, -0.1) is 0 Å². The Morgan fingerprint density at radius 2 is 2.29 bits per heavy atom. The Balaban J connectivity index is 1.86. The van der Waals surface area contributed by atoms with Gasteiger partial charge in [0.2, 0.25) is 0 Å². The van der Waals surface area contributed by atoms with Crippen molar-refractivity contribution in [2.75, 3.05) is 13.1 Å². The number of hydrogen-bond acceptors (Lipinski definition) is 4. The smallest absolute Gasteiger partial charge is 0.269 e. The van der Waals surface area contributed by atoms with Gasteiger partial charge in [-0.3, -0.25) is 9.48 Å². The monoisotopic (exact) mass is 236 g/mol. The predicted molar refractivity (Wildman–Crippen MR) is 60.4 cm³/mol. The summed E-state index contributed by atoms with van der Waals surface area (Å²) in [6.45, 7) is 3.18. The molecule has 17 heavy (non-hydrogen) atoms. The second-order valence-corrected chi connectivity index (χ2v) is 4.76. The number of nitrogens with zero attached hydrogens (tertiary/aromatic N) is 2. The van der Waals surface area contributed by atoms with Crippen LogP contribution >= 0.6 is 0 Å². The van der Waals surface area contributed by atoms with Crippen LogP contribution in [0, 0.1) is 0 Å². The molecule has 3 rings (SSSR count). The number of piperidine rings is 1. The molecule has 1 fully saturated rings. The Morgan fingerprint density at radius 3 is 3.00 bits per heavy atom. The summed E-state index contributed by atoms with van der Waals surface area (Å²) in [5.74, 6) is -0.480. The van der Waals surface area contributed by atoms with E-state index in [-0.39, 0.29) is 5.60 Å². The number of aromatic nitrogens is 2. The number of fused-ring (bicyclic) bond motifs is 1. The molecule has 2 aliphatic heterocycles. The minimum absolute atomic E-state index is 0.112. The van der Waals surface area contributed by atoms with Crippen molar-refractivity contribution in [1.29, 1.82) is 0 Å². The van der Waals surface area contributed by atoms with E-state index in [1.54, 1.807) is 6.07 Å². The summed E-state index contributed by atoms with van der Waals surface area (Å²) in [4.78, 5) is 11.1. The molecule has 2 aliphatic rings. The van der Waals surface area contributed by atoms with E-state index in [2.05, 4.69) is 10.4 Å². The molecule has 0 unspecified atom stereocenters. The average Bonchev–Trinajstić information content (AvgIpc) is 2.73. The highest BCUT2D eigenvalue weighted by Crippen LogP contribution is 2.30. The van der Waals surface area contributed by atoms with Crippen LogP contribution in [0.5, 0.6) is 0 Å². The number of carbonyl (C=O) groups is 1. The van der Waals surface area contributed by atoms with Crippen molar-refractivity contribution in [3.63, 3.8) is 0 Å². The number of nitrogens with one attached hydrogen (secondary N) is 1. The van der Waals surface area contributed by atoms with Gasteiger partial charge >= 0.3 is 0 Å². The second kappa shape index (κ2) is 3.82. The van der Waals surface area contributed by atoms with Crippen molar-refractivity contribution in [1.82, 2.24) is 15.1 Å². The molecule has 3 N–H and O–H groups in total. The van der Waals surface area contributed by atoms with Crippen LogP contribution in [0.4, 0.5) is 0 Å². The topological polar surface area (TPSA) is 82.2 Å². The Labute approximate surface area is 99.1 Å². The molecule has 6 heteroatoms. The second-order valence-electron chi connectivity index (χ2n) is 4.76. The van der Waals surface area contributed by atoms with Crippen molar-refractivity contribution < 1.29 is 9.53 Å². The normalized spacial score (nSPS) is 22.4. The molecular weight excluding hydrogens is 220 g/mol. The summed E-state index contributed by atoms with van der Waals surface area (Å²) in [7, 11) is 0. The fourth-order valence-corrected chi connectivity index (χ4v) is 2.56. The lowest BCUT2D eigenvalue weighted by Crippen LogP contribution is -2.49. The summed E-state index contributed by atoms with van der Waals surface area (Å²) in [6.07, 6.45) is 1.97. The van der Waals surface area contributed by atoms with Crippen LogP contribution in [-0.2, 0) is 17.9 Å². The van der Waals surface area contributed by atoms with Crippen molar-refractivity contribution in [3.05, 3.63) is 17.5 Å². The van der Waals surface area contributed by atoms with E-state index in [0.717, 1.165) is 38.2 Å². The number of hydrogen-bond donors (Lipinski definition) is 2. The number of carbonyl (C=O) groups excluding carboxylic acids is 1. The number of primary amides is 1. The van der Waals surface area contributed by atoms with Gasteiger partial charge in [0.1, 0.15) is 5.69 Å². The SMILES string of the molecule is NC(=O)c1cc2n(n1)CC1(CCNCC1)OC2. The maximum atomic E-state index is 11.1. The van der Waals surface area contributed by atoms with E-state index in [1.807, 2.05) is 4.68 Å². The first-order valence-electron chi connectivity index (χ1n) is 5.90. The van der Waals surface area contributed by atoms with Crippen LogP contribution < -0.4 is 11.1 Å². The molecule has 1 saturated heterocycles. The third kappa shape index (κ3) is 1.83. The van der Waals surface area contributed by atoms with Gasteiger partial charge in [0.15, 0.2) is 0 Å². The van der Waals surface area contributed by atoms with Gasteiger partial charge in [-0.25, -0.2) is 0 Å². The molecule has 0 radical (unpaired) electrons. The van der Waals surface area contributed by atoms with Gasteiger partial charge in [0.05, 0.1) is 24.4 Å². The van der Waals surface area contributed by atoms with E-state index in [9.17, 15) is 4.79 Å². The molecule has 1 aromatic rings. The first kappa shape index (κ1) is 10.7. The largest absolute Gasteiger partial charge is 0.367 e. The summed E-state index contributed by atoms with van der Waals surface area (Å²) >= 11 is 0. The first-order valence-corrected chi connectivity index (χ1v) is 5.90. The van der Waals surface area contributed by atoms with E-state index >= 15 is 0 Å². The summed E-state index contributed by atoms with van der Waals surface area (Å²) in [5.41, 5.74) is 6.38. The lowest BCUT2D eigenvalue weighted by molar-refractivity contribution is -0.109. The highest BCUT2D eigenvalue weighted by molar-refractivity contribution is 5.90. The molecule has 0 saturated carbocycles. The summed E-state index contributed by atoms with van der Waals surface area (Å²) in [6, 6.07) is 1.72. The number of ether oxygens (including phenoxy) is 1. The lowest BCUT2D eigenvalue weighted by atomic mass is 9.91. The van der Waals surface area contributed by atoms with Gasteiger partial charge < -0.3 is 15.8 Å². The van der Waals surface area contributed by atoms with Crippen LogP contribution in [0.15, 0.2) is 6.07 Å². The molecule has 1 aromatic heterocycles. The zero-order valence-electron chi connectivity index (χ0n) is 9.61. The fraction of sp³-hybridized carbons (Fsp3) is 0.636. The highest BCUT2D eigenvalue weighted by Gasteiger charge is 2.37. The zero-order chi connectivity index (χ0) is 11.9. The Hall–Kier alpha value is -1.40. The molecule has 6 nitrogen and oxygen atoms in total. The number of rotatable bonds is 1. The number of nitrogens with two attached hydrogens (primary N) is 1. The van der Waals surface area contributed by atoms with E-state index < -0.39 is 5.91 Å². The van der Waals surface area contributed by atoms with Crippen molar-refractivity contribution >= 4 is 5.91 Å². The van der Waals surface area contributed by atoms with E-state index in [1.165, 1.54) is 0 Å². The molecular formula is C11H16N4O2. The van der Waals surface area contributed by atoms with E-state index in [4.69, 9.17) is 10.5 Å². The van der Waals surface area contributed by atoms with Gasteiger partial charge in [-0.1, -0.05) is 0 Å². The summed E-state index contributed by atoms with van der Waals surface area (Å²) in [5, 5.41) is 7.56. The first-order chi connectivity index (χ1) is 8.19. The number of amides is 1. The highest BCUT2D eigenvalue weighted by atomic mass is 16.5. The Morgan fingerprint density at radius 1 is 1.53 bits per heavy atom. The third-order valence-electron chi connectivity index (χ3n) is 3.59. The van der Waals surface area contributed by atoms with Crippen LogP contribution in [-0.4, -0.2) is 34.4 Å². The molecule has 1 amide bonds. The molecule has 3 heterocycles. The van der Waals surface area contributed by atoms with Gasteiger partial charge in [0, 0.05) is 0 Å². The van der Waals surface area contributed by atoms with Crippen LogP contribution in [0.2, 0.25) is 0 Å². The van der Waals surface area contributed by atoms with Crippen LogP contribution in [0.3, 0.4) is 0 Å². The minimum atomic E-state index is -0.480. The van der Waals surface area contributed by atoms with Crippen molar-refractivity contribution in [2.24, 2.45) is 5.73 Å². The van der Waals surface area contributed by atoms with Crippen molar-refractivity contribution in [3.8, 4) is 0 Å². The lowest BCUT2D eigenvalue weighted by Gasteiger charge is -2.40. The van der Waals surface area contributed by atoms with Gasteiger partial charge in [0.25, 0.3) is 5.91 Å². The molecule has 0 atom stereocenters. The quantitative estimate of drug-likeness (QED) is 0.697. The minimum Gasteiger partial charge on any atom is -0.367 e. The average molecular weight is 236 g/mol. The molecule has 1 spiro atoms. The van der Waals surface area contributed by atoms with Crippen molar-refractivity contribution in [2.45, 2.75) is 31.6 Å². The zero-order valence-corrected chi connectivity index (χ0v) is 9.61. The third-order valence-corrected chi connectivity index (χ3v) is 3.59. The molecule has 92 valence electrons. The molecule has 0 aromatic carbocycles. The fourth-order valence-electron chi connectivity index (χ4n) is 2.56. The Kier molecular flexibility index (Phi) is 2.41. The standard InChI is InChI=1S/C11H16N4O2/c12-10(16)9-5-8-6-17-11(7-15(8)14-9)1-3-13-4-2-11/h5,13H,1-4,6-7H2,(H2,12,16). The maximum Gasteiger partial charge on any atom is 0.269 e. The van der Waals surface area contributed by atoms with Crippen LogP contribution in [0.25, 0.3) is 0 Å². The van der Waals surface area contributed by atoms with Crippen LogP contribution in [0.1, 0.15) is 29.0 Å². The molecule has 0 aliphatic carbocycles. The van der Waals surface area contributed by atoms with Gasteiger partial charge in [-0.05, 0) is 32.0 Å². The predicted octanol–water partition coefficient (Wildman–Crippen LogP) is -0.366. The Bertz CT molecular complexity index is 448. The summed E-state index contributed by atoms with van der Waals surface area (Å²) < 4.78 is 7.84. The maximum absolute atomic E-state index is 11.1. The van der Waals surface area contributed by atoms with E-state index in [0.29, 0.717) is 12.3 Å².